The van der Waals surface area contributed by atoms with Crippen LogP contribution in [0, 0.1) is 19.3 Å². The molecule has 0 amide bonds. The number of benzene rings is 1. The zero-order chi connectivity index (χ0) is 11.3. The Labute approximate surface area is 101 Å². The third-order valence-corrected chi connectivity index (χ3v) is 3.54. The van der Waals surface area contributed by atoms with Gasteiger partial charge in [0, 0.05) is 10.9 Å². The van der Waals surface area contributed by atoms with Gasteiger partial charge in [0.1, 0.15) is 0 Å². The van der Waals surface area contributed by atoms with E-state index in [1.165, 1.54) is 28.4 Å². The van der Waals surface area contributed by atoms with Crippen LogP contribution < -0.4 is 0 Å². The van der Waals surface area contributed by atoms with Crippen molar-refractivity contribution in [3.05, 3.63) is 33.8 Å². The fourth-order valence-corrected chi connectivity index (χ4v) is 2.05. The van der Waals surface area contributed by atoms with E-state index in [2.05, 4.69) is 53.9 Å². The van der Waals surface area contributed by atoms with Crippen molar-refractivity contribution in [2.75, 3.05) is 0 Å². The van der Waals surface area contributed by atoms with Crippen molar-refractivity contribution >= 4 is 15.9 Å². The molecular formula is C14H17Br. The predicted octanol–water partition coefficient (Wildman–Crippen LogP) is 4.66. The Morgan fingerprint density at radius 2 is 2.20 bits per heavy atom. The van der Waals surface area contributed by atoms with E-state index in [9.17, 15) is 0 Å². The third-order valence-electron chi connectivity index (χ3n) is 2.65. The van der Waals surface area contributed by atoms with Gasteiger partial charge in [-0.3, -0.25) is 0 Å². The van der Waals surface area contributed by atoms with Gasteiger partial charge in [-0.15, -0.1) is 12.3 Å². The molecule has 0 saturated heterocycles. The molecule has 0 radical (unpaired) electrons. The maximum atomic E-state index is 5.41. The first kappa shape index (κ1) is 12.3. The first-order valence-corrected chi connectivity index (χ1v) is 6.17. The lowest BCUT2D eigenvalue weighted by Gasteiger charge is -2.14. The van der Waals surface area contributed by atoms with Crippen molar-refractivity contribution in [1.29, 1.82) is 0 Å². The van der Waals surface area contributed by atoms with Crippen LogP contribution in [0.3, 0.4) is 0 Å². The van der Waals surface area contributed by atoms with Crippen LogP contribution in [0.15, 0.2) is 22.7 Å². The minimum Gasteiger partial charge on any atom is -0.120 e. The topological polar surface area (TPSA) is 0 Å². The highest BCUT2D eigenvalue weighted by molar-refractivity contribution is 9.10. The van der Waals surface area contributed by atoms with Crippen LogP contribution in [0.25, 0.3) is 0 Å². The maximum absolute atomic E-state index is 5.41. The first-order valence-electron chi connectivity index (χ1n) is 5.38. The van der Waals surface area contributed by atoms with Crippen LogP contribution in [-0.4, -0.2) is 0 Å². The Kier molecular flexibility index (Phi) is 4.91. The summed E-state index contributed by atoms with van der Waals surface area (Å²) >= 11 is 3.52. The van der Waals surface area contributed by atoms with Gasteiger partial charge in [0.25, 0.3) is 0 Å². The number of hydrogen-bond donors (Lipinski definition) is 0. The van der Waals surface area contributed by atoms with Gasteiger partial charge in [0.2, 0.25) is 0 Å². The molecule has 0 aliphatic rings. The largest absolute Gasteiger partial charge is 0.120 e. The third kappa shape index (κ3) is 3.39. The normalized spacial score (nSPS) is 12.1. The average molecular weight is 265 g/mol. The molecule has 0 spiro atoms. The van der Waals surface area contributed by atoms with E-state index in [-0.39, 0.29) is 0 Å². The average Bonchev–Trinajstić information content (AvgIpc) is 2.22. The monoisotopic (exact) mass is 264 g/mol. The fourth-order valence-electron chi connectivity index (χ4n) is 1.80. The minimum atomic E-state index is 0.520. The van der Waals surface area contributed by atoms with Gasteiger partial charge in [-0.25, -0.2) is 0 Å². The second-order valence-electron chi connectivity index (χ2n) is 3.90. The van der Waals surface area contributed by atoms with Crippen LogP contribution in [-0.2, 0) is 0 Å². The van der Waals surface area contributed by atoms with Crippen molar-refractivity contribution in [2.24, 2.45) is 0 Å². The smallest absolute Gasteiger partial charge is 0.0204 e. The summed E-state index contributed by atoms with van der Waals surface area (Å²) in [7, 11) is 0. The number of aryl methyl sites for hydroxylation is 1. The summed E-state index contributed by atoms with van der Waals surface area (Å²) < 4.78 is 1.17. The van der Waals surface area contributed by atoms with Gasteiger partial charge < -0.3 is 0 Å². The zero-order valence-corrected chi connectivity index (χ0v) is 11.0. The lowest BCUT2D eigenvalue weighted by atomic mass is 9.91. The SMILES string of the molecule is C#CCC(CCC)c1ccc(Br)c(C)c1. The maximum Gasteiger partial charge on any atom is 0.0204 e. The minimum absolute atomic E-state index is 0.520. The molecule has 0 bridgehead atoms. The molecule has 0 aromatic heterocycles. The predicted molar refractivity (Wildman–Crippen MR) is 70.0 cm³/mol. The summed E-state index contributed by atoms with van der Waals surface area (Å²) in [5.74, 6) is 3.29. The Bertz CT molecular complexity index is 360. The van der Waals surface area contributed by atoms with E-state index >= 15 is 0 Å². The molecule has 15 heavy (non-hydrogen) atoms. The molecule has 1 aromatic rings. The molecule has 1 aromatic carbocycles. The number of hydrogen-bond acceptors (Lipinski definition) is 0. The molecule has 0 saturated carbocycles. The molecule has 1 unspecified atom stereocenters. The van der Waals surface area contributed by atoms with Crippen molar-refractivity contribution in [2.45, 2.75) is 39.0 Å². The molecule has 0 fully saturated rings. The van der Waals surface area contributed by atoms with Gasteiger partial charge in [-0.2, -0.15) is 0 Å². The molecular weight excluding hydrogens is 248 g/mol. The van der Waals surface area contributed by atoms with Crippen LogP contribution in [0.2, 0.25) is 0 Å². The van der Waals surface area contributed by atoms with Gasteiger partial charge in [-0.1, -0.05) is 41.4 Å². The van der Waals surface area contributed by atoms with Crippen molar-refractivity contribution in [1.82, 2.24) is 0 Å². The van der Waals surface area contributed by atoms with Crippen molar-refractivity contribution in [3.8, 4) is 12.3 Å². The number of terminal acetylenes is 1. The van der Waals surface area contributed by atoms with Crippen LogP contribution >= 0.6 is 15.9 Å². The van der Waals surface area contributed by atoms with Gasteiger partial charge in [0.15, 0.2) is 0 Å². The summed E-state index contributed by atoms with van der Waals surface area (Å²) in [5, 5.41) is 0. The number of halogens is 1. The van der Waals surface area contributed by atoms with E-state index in [1.54, 1.807) is 0 Å². The Balaban J connectivity index is 2.91. The first-order chi connectivity index (χ1) is 7.19. The lowest BCUT2D eigenvalue weighted by Crippen LogP contribution is -1.98. The summed E-state index contributed by atoms with van der Waals surface area (Å²) in [4.78, 5) is 0. The second kappa shape index (κ2) is 5.98. The lowest BCUT2D eigenvalue weighted by molar-refractivity contribution is 0.628. The molecule has 80 valence electrons. The highest BCUT2D eigenvalue weighted by Crippen LogP contribution is 2.27. The standard InChI is InChI=1S/C14H17Br/c1-4-6-12(7-5-2)13-8-9-14(15)11(3)10-13/h1,8-10,12H,5-7H2,2-3H3. The molecule has 1 atom stereocenters. The summed E-state index contributed by atoms with van der Waals surface area (Å²) in [6, 6.07) is 6.53. The summed E-state index contributed by atoms with van der Waals surface area (Å²) in [5.41, 5.74) is 2.65. The molecule has 0 aliphatic heterocycles. The van der Waals surface area contributed by atoms with E-state index < -0.39 is 0 Å². The van der Waals surface area contributed by atoms with Crippen molar-refractivity contribution < 1.29 is 0 Å². The van der Waals surface area contributed by atoms with Crippen LogP contribution in [0.5, 0.6) is 0 Å². The van der Waals surface area contributed by atoms with E-state index in [0.717, 1.165) is 6.42 Å². The van der Waals surface area contributed by atoms with E-state index in [1.807, 2.05) is 0 Å². The molecule has 0 aliphatic carbocycles. The Hall–Kier alpha value is -0.740. The van der Waals surface area contributed by atoms with Crippen LogP contribution in [0.1, 0.15) is 43.2 Å². The van der Waals surface area contributed by atoms with E-state index in [0.29, 0.717) is 5.92 Å². The zero-order valence-electron chi connectivity index (χ0n) is 9.39. The Morgan fingerprint density at radius 3 is 2.73 bits per heavy atom. The summed E-state index contributed by atoms with van der Waals surface area (Å²) in [6.07, 6.45) is 8.60. The Morgan fingerprint density at radius 1 is 1.47 bits per heavy atom. The molecule has 0 heterocycles. The van der Waals surface area contributed by atoms with Gasteiger partial charge >= 0.3 is 0 Å². The molecule has 0 N–H and O–H groups in total. The van der Waals surface area contributed by atoms with Crippen LogP contribution in [0.4, 0.5) is 0 Å². The second-order valence-corrected chi connectivity index (χ2v) is 4.76. The quantitative estimate of drug-likeness (QED) is 0.694. The molecule has 0 nitrogen and oxygen atoms in total. The van der Waals surface area contributed by atoms with Gasteiger partial charge in [-0.05, 0) is 36.5 Å². The fraction of sp³-hybridized carbons (Fsp3) is 0.429. The highest BCUT2D eigenvalue weighted by atomic mass is 79.9. The summed E-state index contributed by atoms with van der Waals surface area (Å²) in [6.45, 7) is 4.32. The van der Waals surface area contributed by atoms with E-state index in [4.69, 9.17) is 6.42 Å². The highest BCUT2D eigenvalue weighted by Gasteiger charge is 2.09. The molecule has 1 heteroatoms. The molecule has 1 rings (SSSR count). The van der Waals surface area contributed by atoms with Gasteiger partial charge in [0.05, 0.1) is 0 Å². The number of rotatable bonds is 4. The van der Waals surface area contributed by atoms with Crippen molar-refractivity contribution in [3.63, 3.8) is 0 Å².